The molecule has 0 unspecified atom stereocenters. The van der Waals surface area contributed by atoms with E-state index in [1.807, 2.05) is 103 Å². The molecule has 4 aromatic rings. The van der Waals surface area contributed by atoms with Crippen molar-refractivity contribution in [3.63, 3.8) is 0 Å². The van der Waals surface area contributed by atoms with Crippen LogP contribution in [-0.4, -0.2) is 62.6 Å². The Labute approximate surface area is 296 Å². The van der Waals surface area contributed by atoms with Crippen LogP contribution in [-0.2, 0) is 20.9 Å². The van der Waals surface area contributed by atoms with E-state index in [0.717, 1.165) is 39.8 Å². The number of imidazole rings is 2. The molecule has 0 fully saturated rings. The number of amides is 2. The average Bonchev–Trinajstić information content (AvgIpc) is 3.65. The predicted octanol–water partition coefficient (Wildman–Crippen LogP) is 8.49. The maximum Gasteiger partial charge on any atom is 0.408 e. The third-order valence-electron chi connectivity index (χ3n) is 7.51. The lowest BCUT2D eigenvalue weighted by Gasteiger charge is -2.23. The Bertz CT molecular complexity index is 1730. The van der Waals surface area contributed by atoms with Crippen LogP contribution < -0.4 is 10.6 Å². The molecule has 0 radical (unpaired) electrons. The van der Waals surface area contributed by atoms with Crippen LogP contribution in [0, 0.1) is 0 Å². The van der Waals surface area contributed by atoms with E-state index in [1.54, 1.807) is 12.4 Å². The van der Waals surface area contributed by atoms with Crippen LogP contribution in [0.3, 0.4) is 0 Å². The van der Waals surface area contributed by atoms with Crippen molar-refractivity contribution < 1.29 is 23.8 Å². The molecule has 2 atom stereocenters. The number of aromatic amines is 1. The number of rotatable bonds is 12. The number of nitrogens with one attached hydrogen (secondary N) is 3. The van der Waals surface area contributed by atoms with Crippen molar-refractivity contribution in [3.8, 4) is 33.8 Å². The Morgan fingerprint density at radius 1 is 0.780 bits per heavy atom. The highest BCUT2D eigenvalue weighted by Gasteiger charge is 2.24. The second-order valence-electron chi connectivity index (χ2n) is 15.7. The van der Waals surface area contributed by atoms with Crippen LogP contribution in [0.5, 0.6) is 0 Å². The van der Waals surface area contributed by atoms with Crippen molar-refractivity contribution in [3.05, 3.63) is 66.6 Å². The third-order valence-corrected chi connectivity index (χ3v) is 9.22. The first-order valence-corrected chi connectivity index (χ1v) is 20.7. The van der Waals surface area contributed by atoms with Gasteiger partial charge in [-0.3, -0.25) is 4.98 Å². The van der Waals surface area contributed by atoms with Gasteiger partial charge in [0.25, 0.3) is 0 Å². The lowest BCUT2D eigenvalue weighted by molar-refractivity contribution is 0.0489. The molecule has 2 amide bonds. The number of alkyl carbamates (subject to hydrolysis) is 2. The SMILES string of the molecule is C[C@H](NC(=O)OC(C)(C)C)c1ncc(-c2ccc(-c3ccc(-c4cnc([C@@H](C)NC(=O)OC(C)(C)C)[nH]4)cc3)nc2)n1COCC[Si](C)(C)C. The van der Waals surface area contributed by atoms with E-state index in [2.05, 4.69) is 45.2 Å². The molecule has 0 aliphatic carbocycles. The van der Waals surface area contributed by atoms with Crippen molar-refractivity contribution in [1.29, 1.82) is 0 Å². The summed E-state index contributed by atoms with van der Waals surface area (Å²) in [5.41, 5.74) is 4.09. The van der Waals surface area contributed by atoms with Gasteiger partial charge in [-0.05, 0) is 79.1 Å². The number of hydrogen-bond donors (Lipinski definition) is 3. The summed E-state index contributed by atoms with van der Waals surface area (Å²) in [5.74, 6) is 1.29. The Hall–Kier alpha value is -4.49. The summed E-state index contributed by atoms with van der Waals surface area (Å²) in [6.45, 7) is 22.6. The third kappa shape index (κ3) is 11.3. The summed E-state index contributed by atoms with van der Waals surface area (Å²) < 4.78 is 19.0. The zero-order chi connectivity index (χ0) is 36.9. The molecule has 0 bridgehead atoms. The fourth-order valence-electron chi connectivity index (χ4n) is 4.98. The summed E-state index contributed by atoms with van der Waals surface area (Å²) in [5, 5.41) is 5.72. The monoisotopic (exact) mass is 703 g/mol. The highest BCUT2D eigenvalue weighted by molar-refractivity contribution is 6.76. The Balaban J connectivity index is 1.49. The van der Waals surface area contributed by atoms with E-state index in [0.29, 0.717) is 25.0 Å². The molecule has 3 N–H and O–H groups in total. The van der Waals surface area contributed by atoms with Crippen molar-refractivity contribution in [2.45, 2.75) is 111 Å². The largest absolute Gasteiger partial charge is 0.444 e. The van der Waals surface area contributed by atoms with Gasteiger partial charge in [-0.25, -0.2) is 19.6 Å². The summed E-state index contributed by atoms with van der Waals surface area (Å²) >= 11 is 0. The fourth-order valence-corrected chi connectivity index (χ4v) is 5.73. The number of carbonyl (C=O) groups excluding carboxylic acids is 2. The van der Waals surface area contributed by atoms with Gasteiger partial charge in [0.1, 0.15) is 29.6 Å². The summed E-state index contributed by atoms with van der Waals surface area (Å²) in [6.07, 6.45) is 4.37. The number of aromatic nitrogens is 5. The van der Waals surface area contributed by atoms with Crippen molar-refractivity contribution in [1.82, 2.24) is 35.1 Å². The first-order chi connectivity index (χ1) is 23.3. The van der Waals surface area contributed by atoms with E-state index >= 15 is 0 Å². The standard InChI is InChI=1S/C37H53N7O5Si/c1-24(41-34(45)48-36(3,4)5)32-39-21-30(43-32)27-14-12-26(13-15-27)29-17-16-28(20-38-29)31-22-40-33(25(2)42-35(46)49-37(6,7)8)44(31)23-47-18-19-50(9,10)11/h12-17,20-22,24-25H,18-19,23H2,1-11H3,(H,39,43)(H,41,45)(H,42,46)/t24-,25+/m1/s1. The number of pyridine rings is 1. The predicted molar refractivity (Wildman–Crippen MR) is 198 cm³/mol. The van der Waals surface area contributed by atoms with E-state index in [-0.39, 0.29) is 6.04 Å². The lowest BCUT2D eigenvalue weighted by atomic mass is 10.1. The van der Waals surface area contributed by atoms with E-state index in [4.69, 9.17) is 19.2 Å². The molecule has 4 rings (SSSR count). The second kappa shape index (κ2) is 15.6. The Morgan fingerprint density at radius 3 is 1.92 bits per heavy atom. The molecule has 0 aliphatic heterocycles. The molecule has 50 heavy (non-hydrogen) atoms. The average molecular weight is 704 g/mol. The molecule has 0 spiro atoms. The molecule has 3 heterocycles. The van der Waals surface area contributed by atoms with Gasteiger partial charge in [0.15, 0.2) is 0 Å². The number of H-pyrrole nitrogens is 1. The van der Waals surface area contributed by atoms with Crippen molar-refractivity contribution in [2.75, 3.05) is 6.61 Å². The topological polar surface area (TPSA) is 145 Å². The fraction of sp³-hybridized carbons (Fsp3) is 0.486. The van der Waals surface area contributed by atoms with E-state index in [1.165, 1.54) is 0 Å². The van der Waals surface area contributed by atoms with Crippen LogP contribution in [0.1, 0.15) is 79.1 Å². The van der Waals surface area contributed by atoms with Crippen LogP contribution >= 0.6 is 0 Å². The van der Waals surface area contributed by atoms with Crippen molar-refractivity contribution >= 4 is 20.3 Å². The quantitative estimate of drug-likeness (QED) is 0.0984. The minimum atomic E-state index is -1.27. The number of benzene rings is 1. The minimum Gasteiger partial charge on any atom is -0.444 e. The van der Waals surface area contributed by atoms with Crippen LogP contribution in [0.25, 0.3) is 33.8 Å². The Morgan fingerprint density at radius 2 is 1.36 bits per heavy atom. The van der Waals surface area contributed by atoms with Crippen molar-refractivity contribution in [2.24, 2.45) is 0 Å². The minimum absolute atomic E-state index is 0.295. The normalized spacial score (nSPS) is 13.4. The van der Waals surface area contributed by atoms with Gasteiger partial charge >= 0.3 is 12.2 Å². The molecule has 1 aromatic carbocycles. The van der Waals surface area contributed by atoms with Gasteiger partial charge in [0.05, 0.1) is 41.6 Å². The highest BCUT2D eigenvalue weighted by atomic mass is 28.3. The molecule has 13 heteroatoms. The van der Waals surface area contributed by atoms with Gasteiger partial charge in [0, 0.05) is 32.0 Å². The zero-order valence-corrected chi connectivity index (χ0v) is 32.3. The molecule has 0 aliphatic rings. The van der Waals surface area contributed by atoms with Crippen LogP contribution in [0.2, 0.25) is 25.7 Å². The lowest BCUT2D eigenvalue weighted by Crippen LogP contribution is -2.35. The highest BCUT2D eigenvalue weighted by Crippen LogP contribution is 2.28. The molecular formula is C37H53N7O5Si. The van der Waals surface area contributed by atoms with Gasteiger partial charge in [-0.1, -0.05) is 43.9 Å². The molecule has 0 saturated heterocycles. The summed E-state index contributed by atoms with van der Waals surface area (Å²) in [6, 6.07) is 12.3. The van der Waals surface area contributed by atoms with Gasteiger partial charge in [-0.15, -0.1) is 0 Å². The van der Waals surface area contributed by atoms with Crippen LogP contribution in [0.4, 0.5) is 9.59 Å². The summed E-state index contributed by atoms with van der Waals surface area (Å²) in [7, 11) is -1.27. The zero-order valence-electron chi connectivity index (χ0n) is 31.3. The van der Waals surface area contributed by atoms with E-state index < -0.39 is 37.5 Å². The molecular weight excluding hydrogens is 651 g/mol. The van der Waals surface area contributed by atoms with Gasteiger partial charge in [-0.2, -0.15) is 0 Å². The first kappa shape index (κ1) is 38.3. The van der Waals surface area contributed by atoms with Gasteiger partial charge in [0.2, 0.25) is 0 Å². The van der Waals surface area contributed by atoms with Crippen LogP contribution in [0.15, 0.2) is 55.0 Å². The Kier molecular flexibility index (Phi) is 11.9. The maximum absolute atomic E-state index is 12.5. The smallest absolute Gasteiger partial charge is 0.408 e. The maximum atomic E-state index is 12.5. The second-order valence-corrected chi connectivity index (χ2v) is 21.3. The molecule has 3 aromatic heterocycles. The summed E-state index contributed by atoms with van der Waals surface area (Å²) in [4.78, 5) is 42.0. The number of ether oxygens (including phenoxy) is 3. The van der Waals surface area contributed by atoms with E-state index in [9.17, 15) is 9.59 Å². The molecule has 12 nitrogen and oxygen atoms in total. The number of carbonyl (C=O) groups is 2. The number of hydrogen-bond acceptors (Lipinski definition) is 8. The molecule has 0 saturated carbocycles. The first-order valence-electron chi connectivity index (χ1n) is 17.0. The number of nitrogens with zero attached hydrogens (tertiary/aromatic N) is 4. The van der Waals surface area contributed by atoms with Gasteiger partial charge < -0.3 is 34.4 Å². The molecule has 270 valence electrons.